The third-order valence-electron chi connectivity index (χ3n) is 4.01. The molecule has 3 aromatic heterocycles. The van der Waals surface area contributed by atoms with Gasteiger partial charge in [-0.05, 0) is 25.1 Å². The van der Waals surface area contributed by atoms with Crippen molar-refractivity contribution >= 4 is 28.8 Å². The number of nitrogens with zero attached hydrogens (tertiary/aromatic N) is 4. The summed E-state index contributed by atoms with van der Waals surface area (Å²) in [7, 11) is 0. The lowest BCUT2D eigenvalue weighted by Crippen LogP contribution is -2.23. The Morgan fingerprint density at radius 1 is 1.35 bits per heavy atom. The number of nitrogens with one attached hydrogen (secondary N) is 3. The van der Waals surface area contributed by atoms with Crippen molar-refractivity contribution in [3.05, 3.63) is 47.4 Å². The molecule has 0 aromatic carbocycles. The van der Waals surface area contributed by atoms with Crippen LogP contribution in [0.15, 0.2) is 29.6 Å². The van der Waals surface area contributed by atoms with Crippen LogP contribution in [0.3, 0.4) is 0 Å². The monoisotopic (exact) mass is 353 g/mol. The van der Waals surface area contributed by atoms with Crippen molar-refractivity contribution in [3.63, 3.8) is 0 Å². The number of aryl methyl sites for hydroxylation is 1. The third-order valence-corrected chi connectivity index (χ3v) is 4.01. The number of hydrogen-bond donors (Lipinski definition) is 3. The van der Waals surface area contributed by atoms with E-state index in [2.05, 4.69) is 30.2 Å². The van der Waals surface area contributed by atoms with E-state index in [0.29, 0.717) is 24.2 Å². The zero-order chi connectivity index (χ0) is 18.5. The highest BCUT2D eigenvalue weighted by Gasteiger charge is 2.12. The van der Waals surface area contributed by atoms with Gasteiger partial charge in [-0.2, -0.15) is 4.39 Å². The lowest BCUT2D eigenvalue weighted by molar-refractivity contribution is 0.571. The quantitative estimate of drug-likeness (QED) is 0.449. The molecule has 8 heteroatoms. The second kappa shape index (κ2) is 7.92. The van der Waals surface area contributed by atoms with Crippen molar-refractivity contribution < 1.29 is 4.39 Å². The fourth-order valence-electron chi connectivity index (χ4n) is 2.71. The molecule has 0 aliphatic carbocycles. The highest BCUT2D eigenvalue weighted by atomic mass is 19.1. The maximum Gasteiger partial charge on any atom is 0.218 e. The van der Waals surface area contributed by atoms with Gasteiger partial charge >= 0.3 is 0 Å². The summed E-state index contributed by atoms with van der Waals surface area (Å²) in [5, 5.41) is 11.4. The van der Waals surface area contributed by atoms with E-state index in [1.165, 1.54) is 6.33 Å². The van der Waals surface area contributed by atoms with Crippen LogP contribution in [0.25, 0.3) is 11.0 Å². The van der Waals surface area contributed by atoms with Gasteiger partial charge in [0.05, 0.1) is 11.4 Å². The van der Waals surface area contributed by atoms with Gasteiger partial charge in [0.2, 0.25) is 5.95 Å². The van der Waals surface area contributed by atoms with Crippen LogP contribution in [0.1, 0.15) is 23.7 Å². The van der Waals surface area contributed by atoms with Crippen molar-refractivity contribution in [2.45, 2.75) is 20.3 Å². The molecule has 0 saturated carbocycles. The van der Waals surface area contributed by atoms with E-state index < -0.39 is 5.95 Å². The summed E-state index contributed by atoms with van der Waals surface area (Å²) in [6.07, 6.45) is 4.85. The number of aliphatic imine (C=N–C) groups is 1. The smallest absolute Gasteiger partial charge is 0.218 e. The van der Waals surface area contributed by atoms with Gasteiger partial charge in [0.1, 0.15) is 12.0 Å². The number of pyridine rings is 1. The largest absolute Gasteiger partial charge is 0.346 e. The molecule has 0 saturated heterocycles. The number of halogens is 1. The van der Waals surface area contributed by atoms with Gasteiger partial charge in [-0.25, -0.2) is 19.9 Å². The first-order valence-corrected chi connectivity index (χ1v) is 8.34. The minimum Gasteiger partial charge on any atom is -0.346 e. The normalized spacial score (nSPS) is 11.9. The predicted molar refractivity (Wildman–Crippen MR) is 100 cm³/mol. The van der Waals surface area contributed by atoms with Crippen molar-refractivity contribution in [1.82, 2.24) is 25.3 Å². The van der Waals surface area contributed by atoms with Crippen molar-refractivity contribution in [3.8, 4) is 0 Å². The standard InChI is InChI=1S/C18H20FN7/c1-3-21-9-14(7-20)25-15-5-4-12(17(19)26-15)6-13-8-22-18-16(13)11(2)23-10-24-18/h4-5,7-8,10,20-21H,3,6,9H2,1-2H3,(H,22,23,24). The molecular weight excluding hydrogens is 333 g/mol. The van der Waals surface area contributed by atoms with Crippen molar-refractivity contribution in [2.24, 2.45) is 4.99 Å². The lowest BCUT2D eigenvalue weighted by Gasteiger charge is -2.05. The Kier molecular flexibility index (Phi) is 5.43. The summed E-state index contributed by atoms with van der Waals surface area (Å²) in [6.45, 7) is 5.07. The van der Waals surface area contributed by atoms with Gasteiger partial charge in [-0.3, -0.25) is 0 Å². The zero-order valence-electron chi connectivity index (χ0n) is 14.7. The number of hydrogen-bond acceptors (Lipinski definition) is 6. The molecule has 0 aliphatic heterocycles. The fourth-order valence-corrected chi connectivity index (χ4v) is 2.71. The average molecular weight is 353 g/mol. The van der Waals surface area contributed by atoms with Crippen molar-refractivity contribution in [2.75, 3.05) is 13.1 Å². The number of H-pyrrole nitrogens is 1. The number of fused-ring (bicyclic) bond motifs is 1. The predicted octanol–water partition coefficient (Wildman–Crippen LogP) is 2.72. The molecule has 0 amide bonds. The molecule has 0 unspecified atom stereocenters. The highest BCUT2D eigenvalue weighted by Crippen LogP contribution is 2.23. The van der Waals surface area contributed by atoms with E-state index in [9.17, 15) is 4.39 Å². The molecule has 0 bridgehead atoms. The Morgan fingerprint density at radius 3 is 2.92 bits per heavy atom. The van der Waals surface area contributed by atoms with Crippen LogP contribution in [0.5, 0.6) is 0 Å². The second-order valence-corrected chi connectivity index (χ2v) is 5.82. The molecule has 3 rings (SSSR count). The molecule has 3 heterocycles. The van der Waals surface area contributed by atoms with Gasteiger partial charge in [-0.1, -0.05) is 13.0 Å². The SMILES string of the molecule is CCNCC(C=N)=Nc1ccc(Cc2c[nH]c3ncnc(C)c23)c(F)n1. The Bertz CT molecular complexity index is 961. The van der Waals surface area contributed by atoms with E-state index >= 15 is 0 Å². The average Bonchev–Trinajstić information content (AvgIpc) is 3.05. The fraction of sp³-hybridized carbons (Fsp3) is 0.278. The molecule has 3 N–H and O–H groups in total. The molecule has 134 valence electrons. The van der Waals surface area contributed by atoms with Crippen molar-refractivity contribution in [1.29, 1.82) is 5.41 Å². The summed E-state index contributed by atoms with van der Waals surface area (Å²) < 4.78 is 14.5. The van der Waals surface area contributed by atoms with E-state index in [4.69, 9.17) is 5.41 Å². The summed E-state index contributed by atoms with van der Waals surface area (Å²) in [5.74, 6) is -0.316. The van der Waals surface area contributed by atoms with Gasteiger partial charge in [0, 0.05) is 36.3 Å². The first-order valence-electron chi connectivity index (χ1n) is 8.34. The molecule has 0 spiro atoms. The van der Waals surface area contributed by atoms with Crippen LogP contribution < -0.4 is 5.32 Å². The van der Waals surface area contributed by atoms with Crippen LogP contribution in [-0.4, -0.2) is 45.0 Å². The first kappa shape index (κ1) is 17.8. The van der Waals surface area contributed by atoms with Gasteiger partial charge in [0.15, 0.2) is 5.82 Å². The third kappa shape index (κ3) is 3.80. The minimum absolute atomic E-state index is 0.251. The second-order valence-electron chi connectivity index (χ2n) is 5.82. The molecule has 0 aliphatic rings. The summed E-state index contributed by atoms with van der Waals surface area (Å²) in [5.41, 5.74) is 3.47. The number of aromatic amines is 1. The summed E-state index contributed by atoms with van der Waals surface area (Å²) in [4.78, 5) is 19.6. The molecular formula is C18H20FN7. The zero-order valence-corrected chi connectivity index (χ0v) is 14.7. The van der Waals surface area contributed by atoms with E-state index in [1.807, 2.05) is 20.0 Å². The van der Waals surface area contributed by atoms with Crippen LogP contribution in [0, 0.1) is 18.3 Å². The lowest BCUT2D eigenvalue weighted by atomic mass is 10.1. The molecule has 0 atom stereocenters. The number of rotatable bonds is 7. The van der Waals surface area contributed by atoms with Gasteiger partial charge in [-0.15, -0.1) is 0 Å². The minimum atomic E-state index is -0.567. The highest BCUT2D eigenvalue weighted by molar-refractivity contribution is 6.31. The Hall–Kier alpha value is -3.00. The molecule has 3 aromatic rings. The Balaban J connectivity index is 1.86. The van der Waals surface area contributed by atoms with Gasteiger partial charge < -0.3 is 15.7 Å². The van der Waals surface area contributed by atoms with Crippen LogP contribution in [0.4, 0.5) is 10.2 Å². The van der Waals surface area contributed by atoms with Gasteiger partial charge in [0.25, 0.3) is 0 Å². The Morgan fingerprint density at radius 2 is 2.19 bits per heavy atom. The van der Waals surface area contributed by atoms with Crippen LogP contribution in [0.2, 0.25) is 0 Å². The van der Waals surface area contributed by atoms with Crippen LogP contribution >= 0.6 is 0 Å². The van der Waals surface area contributed by atoms with E-state index in [0.717, 1.165) is 35.1 Å². The molecule has 7 nitrogen and oxygen atoms in total. The molecule has 26 heavy (non-hydrogen) atoms. The van der Waals surface area contributed by atoms with Crippen LogP contribution in [-0.2, 0) is 6.42 Å². The molecule has 0 radical (unpaired) electrons. The first-order chi connectivity index (χ1) is 12.6. The summed E-state index contributed by atoms with van der Waals surface area (Å²) >= 11 is 0. The maximum absolute atomic E-state index is 14.5. The summed E-state index contributed by atoms with van der Waals surface area (Å²) in [6, 6.07) is 3.33. The Labute approximate surface area is 150 Å². The number of aromatic nitrogens is 4. The topological polar surface area (TPSA) is 103 Å². The molecule has 0 fully saturated rings. The maximum atomic E-state index is 14.5. The van der Waals surface area contributed by atoms with E-state index in [1.54, 1.807) is 12.1 Å². The van der Waals surface area contributed by atoms with E-state index in [-0.39, 0.29) is 5.82 Å².